The Labute approximate surface area is 93.9 Å². The molecule has 0 bridgehead atoms. The molecule has 16 heavy (non-hydrogen) atoms. The first-order chi connectivity index (χ1) is 7.49. The van der Waals surface area contributed by atoms with E-state index in [4.69, 9.17) is 5.11 Å². The molecule has 0 radical (unpaired) electrons. The number of methoxy groups -OCH3 is 1. The van der Waals surface area contributed by atoms with Gasteiger partial charge in [-0.2, -0.15) is 0 Å². The van der Waals surface area contributed by atoms with Gasteiger partial charge in [0.15, 0.2) is 0 Å². The minimum absolute atomic E-state index is 0.0620. The SMILES string of the molecule is COC(=O)C(C)(F)Cc1cccc(CO)c1. The highest BCUT2D eigenvalue weighted by atomic mass is 19.1. The zero-order valence-electron chi connectivity index (χ0n) is 9.37. The van der Waals surface area contributed by atoms with Crippen molar-refractivity contribution in [2.24, 2.45) is 0 Å². The highest BCUT2D eigenvalue weighted by Crippen LogP contribution is 2.20. The normalized spacial score (nSPS) is 14.2. The predicted molar refractivity (Wildman–Crippen MR) is 57.6 cm³/mol. The van der Waals surface area contributed by atoms with Gasteiger partial charge in [-0.15, -0.1) is 0 Å². The summed E-state index contributed by atoms with van der Waals surface area (Å²) in [5.41, 5.74) is -0.692. The Balaban J connectivity index is 2.83. The van der Waals surface area contributed by atoms with Crippen LogP contribution in [-0.2, 0) is 22.6 Å². The molecule has 0 fully saturated rings. The topological polar surface area (TPSA) is 46.5 Å². The molecule has 0 saturated heterocycles. The monoisotopic (exact) mass is 226 g/mol. The molecule has 88 valence electrons. The largest absolute Gasteiger partial charge is 0.467 e. The summed E-state index contributed by atoms with van der Waals surface area (Å²) >= 11 is 0. The van der Waals surface area contributed by atoms with Crippen molar-refractivity contribution in [3.63, 3.8) is 0 Å². The fourth-order valence-corrected chi connectivity index (χ4v) is 1.51. The van der Waals surface area contributed by atoms with E-state index in [1.807, 2.05) is 0 Å². The summed E-state index contributed by atoms with van der Waals surface area (Å²) in [5, 5.41) is 8.93. The van der Waals surface area contributed by atoms with Crippen LogP contribution in [0.3, 0.4) is 0 Å². The Morgan fingerprint density at radius 2 is 2.12 bits per heavy atom. The molecule has 1 aromatic carbocycles. The lowest BCUT2D eigenvalue weighted by atomic mass is 9.97. The van der Waals surface area contributed by atoms with E-state index < -0.39 is 11.6 Å². The number of halogens is 1. The number of aliphatic hydroxyl groups is 1. The van der Waals surface area contributed by atoms with Gasteiger partial charge in [0.25, 0.3) is 0 Å². The van der Waals surface area contributed by atoms with Crippen LogP contribution >= 0.6 is 0 Å². The Morgan fingerprint density at radius 3 is 2.69 bits per heavy atom. The van der Waals surface area contributed by atoms with Crippen molar-refractivity contribution in [1.29, 1.82) is 0 Å². The number of esters is 1. The maximum atomic E-state index is 13.9. The highest BCUT2D eigenvalue weighted by molar-refractivity contribution is 5.79. The smallest absolute Gasteiger partial charge is 0.343 e. The van der Waals surface area contributed by atoms with Gasteiger partial charge in [-0.1, -0.05) is 24.3 Å². The van der Waals surface area contributed by atoms with Gasteiger partial charge in [-0.05, 0) is 18.1 Å². The Hall–Kier alpha value is -1.42. The molecule has 0 aromatic heterocycles. The molecule has 0 aliphatic carbocycles. The third-order valence-corrected chi connectivity index (χ3v) is 2.32. The number of benzene rings is 1. The summed E-state index contributed by atoms with van der Waals surface area (Å²) < 4.78 is 18.2. The number of hydrogen-bond acceptors (Lipinski definition) is 3. The Morgan fingerprint density at radius 1 is 1.50 bits per heavy atom. The third-order valence-electron chi connectivity index (χ3n) is 2.32. The van der Waals surface area contributed by atoms with Gasteiger partial charge in [-0.25, -0.2) is 9.18 Å². The molecule has 0 saturated carbocycles. The summed E-state index contributed by atoms with van der Waals surface area (Å²) in [6.07, 6.45) is -0.0620. The highest BCUT2D eigenvalue weighted by Gasteiger charge is 2.34. The quantitative estimate of drug-likeness (QED) is 0.793. The fourth-order valence-electron chi connectivity index (χ4n) is 1.51. The van der Waals surface area contributed by atoms with Gasteiger partial charge in [0.2, 0.25) is 5.67 Å². The number of hydrogen-bond donors (Lipinski definition) is 1. The van der Waals surface area contributed by atoms with E-state index in [2.05, 4.69) is 4.74 Å². The average Bonchev–Trinajstić information content (AvgIpc) is 2.27. The molecule has 1 rings (SSSR count). The van der Waals surface area contributed by atoms with Crippen molar-refractivity contribution in [2.75, 3.05) is 7.11 Å². The molecule has 0 heterocycles. The molecule has 0 amide bonds. The van der Waals surface area contributed by atoms with E-state index in [1.54, 1.807) is 24.3 Å². The van der Waals surface area contributed by atoms with E-state index >= 15 is 0 Å². The molecule has 0 spiro atoms. The van der Waals surface area contributed by atoms with Crippen molar-refractivity contribution in [3.05, 3.63) is 35.4 Å². The third kappa shape index (κ3) is 3.03. The van der Waals surface area contributed by atoms with Crippen LogP contribution in [0.25, 0.3) is 0 Å². The molecule has 1 unspecified atom stereocenters. The van der Waals surface area contributed by atoms with Crippen molar-refractivity contribution in [1.82, 2.24) is 0 Å². The van der Waals surface area contributed by atoms with Crippen molar-refractivity contribution >= 4 is 5.97 Å². The molecule has 3 nitrogen and oxygen atoms in total. The number of carbonyl (C=O) groups is 1. The fraction of sp³-hybridized carbons (Fsp3) is 0.417. The van der Waals surface area contributed by atoms with Crippen LogP contribution in [0.5, 0.6) is 0 Å². The average molecular weight is 226 g/mol. The van der Waals surface area contributed by atoms with Gasteiger partial charge < -0.3 is 9.84 Å². The number of alkyl halides is 1. The van der Waals surface area contributed by atoms with Crippen LogP contribution in [0, 0.1) is 0 Å². The first kappa shape index (κ1) is 12.6. The zero-order valence-corrected chi connectivity index (χ0v) is 9.37. The van der Waals surface area contributed by atoms with E-state index in [9.17, 15) is 9.18 Å². The van der Waals surface area contributed by atoms with E-state index in [-0.39, 0.29) is 13.0 Å². The van der Waals surface area contributed by atoms with Gasteiger partial charge in [-0.3, -0.25) is 0 Å². The summed E-state index contributed by atoms with van der Waals surface area (Å²) in [7, 11) is 1.16. The standard InChI is InChI=1S/C12H15FO3/c1-12(13,11(15)16-2)7-9-4-3-5-10(6-9)8-14/h3-6,14H,7-8H2,1-2H3. The molecule has 0 aliphatic heterocycles. The van der Waals surface area contributed by atoms with Crippen LogP contribution in [0.1, 0.15) is 18.1 Å². The summed E-state index contributed by atoms with van der Waals surface area (Å²) in [4.78, 5) is 11.1. The molecule has 1 N–H and O–H groups in total. The summed E-state index contributed by atoms with van der Waals surface area (Å²) in [6.45, 7) is 1.08. The lowest BCUT2D eigenvalue weighted by Crippen LogP contribution is -2.33. The van der Waals surface area contributed by atoms with Crippen molar-refractivity contribution < 1.29 is 19.0 Å². The van der Waals surface area contributed by atoms with E-state index in [0.29, 0.717) is 11.1 Å². The second-order valence-electron chi connectivity index (χ2n) is 3.84. The van der Waals surface area contributed by atoms with Crippen molar-refractivity contribution in [3.8, 4) is 0 Å². The Bertz CT molecular complexity index is 374. The molecule has 0 aliphatic rings. The predicted octanol–water partition coefficient (Wildman–Crippen LogP) is 1.62. The van der Waals surface area contributed by atoms with Gasteiger partial charge >= 0.3 is 5.97 Å². The van der Waals surface area contributed by atoms with Gasteiger partial charge in [0, 0.05) is 6.42 Å². The van der Waals surface area contributed by atoms with Crippen LogP contribution in [0.2, 0.25) is 0 Å². The second kappa shape index (κ2) is 5.07. The van der Waals surface area contributed by atoms with Crippen LogP contribution < -0.4 is 0 Å². The number of ether oxygens (including phenoxy) is 1. The zero-order chi connectivity index (χ0) is 12.2. The summed E-state index contributed by atoms with van der Waals surface area (Å²) in [6, 6.07) is 6.83. The second-order valence-corrected chi connectivity index (χ2v) is 3.84. The summed E-state index contributed by atoms with van der Waals surface area (Å²) in [5.74, 6) is -0.887. The van der Waals surface area contributed by atoms with Gasteiger partial charge in [0.1, 0.15) is 0 Å². The molecule has 4 heteroatoms. The minimum Gasteiger partial charge on any atom is -0.467 e. The number of aliphatic hydroxyl groups excluding tert-OH is 1. The van der Waals surface area contributed by atoms with Crippen LogP contribution in [0.4, 0.5) is 4.39 Å². The van der Waals surface area contributed by atoms with E-state index in [1.165, 1.54) is 6.92 Å². The maximum Gasteiger partial charge on any atom is 0.343 e. The number of carbonyl (C=O) groups excluding carboxylic acids is 1. The Kier molecular flexibility index (Phi) is 4.01. The molecular weight excluding hydrogens is 211 g/mol. The van der Waals surface area contributed by atoms with Crippen molar-refractivity contribution in [2.45, 2.75) is 25.6 Å². The maximum absolute atomic E-state index is 13.9. The van der Waals surface area contributed by atoms with Crippen LogP contribution in [-0.4, -0.2) is 23.9 Å². The van der Waals surface area contributed by atoms with Gasteiger partial charge in [0.05, 0.1) is 13.7 Å². The molecule has 1 atom stereocenters. The van der Waals surface area contributed by atoms with Crippen LogP contribution in [0.15, 0.2) is 24.3 Å². The molecular formula is C12H15FO3. The lowest BCUT2D eigenvalue weighted by molar-refractivity contribution is -0.153. The van der Waals surface area contributed by atoms with E-state index in [0.717, 1.165) is 7.11 Å². The number of rotatable bonds is 4. The minimum atomic E-state index is -2.04. The first-order valence-corrected chi connectivity index (χ1v) is 4.95. The molecule has 1 aromatic rings. The lowest BCUT2D eigenvalue weighted by Gasteiger charge is -2.17. The first-order valence-electron chi connectivity index (χ1n) is 4.95.